The average Bonchev–Trinajstić information content (AvgIpc) is 2.82. The molecule has 2 rings (SSSR count). The van der Waals surface area contributed by atoms with Crippen molar-refractivity contribution in [3.63, 3.8) is 0 Å². The summed E-state index contributed by atoms with van der Waals surface area (Å²) in [7, 11) is 0. The third kappa shape index (κ3) is 1.67. The van der Waals surface area contributed by atoms with E-state index in [0.29, 0.717) is 23.2 Å². The summed E-state index contributed by atoms with van der Waals surface area (Å²) < 4.78 is 15.4. The fourth-order valence-corrected chi connectivity index (χ4v) is 1.61. The third-order valence-corrected chi connectivity index (χ3v) is 2.48. The number of benzene rings is 1. The highest BCUT2D eigenvalue weighted by molar-refractivity contribution is 5.43. The molecule has 0 amide bonds. The quantitative estimate of drug-likeness (QED) is 0.833. The number of halogens is 1. The molecule has 16 heavy (non-hydrogen) atoms. The van der Waals surface area contributed by atoms with Crippen LogP contribution in [0.3, 0.4) is 0 Å². The molecule has 84 valence electrons. The predicted molar refractivity (Wildman–Crippen MR) is 56.4 cm³/mol. The number of nitrogens with zero attached hydrogens (tertiary/aromatic N) is 4. The van der Waals surface area contributed by atoms with Gasteiger partial charge in [-0.05, 0) is 28.5 Å². The Bertz CT molecular complexity index is 480. The fourth-order valence-electron chi connectivity index (χ4n) is 1.61. The molecule has 0 bridgehead atoms. The molecule has 0 unspecified atom stereocenters. The van der Waals surface area contributed by atoms with Crippen LogP contribution >= 0.6 is 0 Å². The number of rotatable bonds is 3. The monoisotopic (exact) mass is 221 g/mol. The molecule has 0 aliphatic carbocycles. The minimum atomic E-state index is -0.266. The van der Waals surface area contributed by atoms with Gasteiger partial charge in [0.2, 0.25) is 0 Å². The van der Waals surface area contributed by atoms with Gasteiger partial charge in [0, 0.05) is 12.1 Å². The van der Waals surface area contributed by atoms with Gasteiger partial charge in [0.25, 0.3) is 0 Å². The SMILES string of the molecule is CCc1ccc(-n2cnnn2)c(CN)c1F. The molecule has 0 aliphatic heterocycles. The Morgan fingerprint density at radius 3 is 2.81 bits per heavy atom. The Kier molecular flexibility index (Phi) is 2.91. The average molecular weight is 221 g/mol. The topological polar surface area (TPSA) is 69.6 Å². The summed E-state index contributed by atoms with van der Waals surface area (Å²) >= 11 is 0. The lowest BCUT2D eigenvalue weighted by molar-refractivity contribution is 0.591. The second-order valence-electron chi connectivity index (χ2n) is 3.35. The number of aryl methyl sites for hydroxylation is 1. The van der Waals surface area contributed by atoms with Crippen molar-refractivity contribution in [2.24, 2.45) is 5.73 Å². The molecule has 2 N–H and O–H groups in total. The van der Waals surface area contributed by atoms with E-state index in [1.807, 2.05) is 6.92 Å². The second-order valence-corrected chi connectivity index (χ2v) is 3.35. The van der Waals surface area contributed by atoms with Crippen LogP contribution in [-0.2, 0) is 13.0 Å². The van der Waals surface area contributed by atoms with Crippen LogP contribution in [0.5, 0.6) is 0 Å². The highest BCUT2D eigenvalue weighted by Crippen LogP contribution is 2.20. The van der Waals surface area contributed by atoms with Gasteiger partial charge in [0.1, 0.15) is 12.1 Å². The summed E-state index contributed by atoms with van der Waals surface area (Å²) in [6.07, 6.45) is 2.05. The van der Waals surface area contributed by atoms with E-state index in [2.05, 4.69) is 15.5 Å². The van der Waals surface area contributed by atoms with Crippen molar-refractivity contribution in [2.45, 2.75) is 19.9 Å². The molecule has 0 atom stereocenters. The van der Waals surface area contributed by atoms with E-state index in [9.17, 15) is 4.39 Å². The third-order valence-electron chi connectivity index (χ3n) is 2.48. The Morgan fingerprint density at radius 1 is 1.44 bits per heavy atom. The summed E-state index contributed by atoms with van der Waals surface area (Å²) in [4.78, 5) is 0. The van der Waals surface area contributed by atoms with Crippen LogP contribution in [0, 0.1) is 5.82 Å². The lowest BCUT2D eigenvalue weighted by atomic mass is 10.1. The zero-order valence-electron chi connectivity index (χ0n) is 8.89. The van der Waals surface area contributed by atoms with E-state index in [0.717, 1.165) is 0 Å². The Labute approximate surface area is 92.1 Å². The van der Waals surface area contributed by atoms with Crippen LogP contribution in [0.2, 0.25) is 0 Å². The van der Waals surface area contributed by atoms with Gasteiger partial charge in [0.15, 0.2) is 0 Å². The van der Waals surface area contributed by atoms with Gasteiger partial charge < -0.3 is 5.73 Å². The molecule has 1 aromatic heterocycles. The predicted octanol–water partition coefficient (Wildman–Crippen LogP) is 0.823. The summed E-state index contributed by atoms with van der Waals surface area (Å²) in [6, 6.07) is 3.51. The van der Waals surface area contributed by atoms with Crippen molar-refractivity contribution >= 4 is 0 Å². The van der Waals surface area contributed by atoms with Crippen molar-refractivity contribution in [1.29, 1.82) is 0 Å². The molecule has 0 aliphatic rings. The summed E-state index contributed by atoms with van der Waals surface area (Å²) in [6.45, 7) is 2.02. The number of aromatic nitrogens is 4. The fraction of sp³-hybridized carbons (Fsp3) is 0.300. The molecule has 0 fully saturated rings. The van der Waals surface area contributed by atoms with Crippen molar-refractivity contribution in [3.05, 3.63) is 35.4 Å². The summed E-state index contributed by atoms with van der Waals surface area (Å²) in [5.74, 6) is -0.266. The Balaban J connectivity index is 2.59. The molecule has 6 heteroatoms. The van der Waals surface area contributed by atoms with Crippen LogP contribution < -0.4 is 5.73 Å². The summed E-state index contributed by atoms with van der Waals surface area (Å²) in [5.41, 5.74) is 7.23. The van der Waals surface area contributed by atoms with Gasteiger partial charge in [-0.15, -0.1) is 5.10 Å². The molecule has 0 radical (unpaired) electrons. The van der Waals surface area contributed by atoms with E-state index >= 15 is 0 Å². The molecule has 0 saturated carbocycles. The van der Waals surface area contributed by atoms with E-state index in [-0.39, 0.29) is 12.4 Å². The van der Waals surface area contributed by atoms with E-state index in [1.54, 1.807) is 12.1 Å². The van der Waals surface area contributed by atoms with E-state index in [1.165, 1.54) is 11.0 Å². The van der Waals surface area contributed by atoms with Crippen LogP contribution in [0.4, 0.5) is 4.39 Å². The number of tetrazole rings is 1. The van der Waals surface area contributed by atoms with Crippen molar-refractivity contribution in [2.75, 3.05) is 0 Å². The standard InChI is InChI=1S/C10H12FN5/c1-2-7-3-4-9(8(5-12)10(7)11)16-6-13-14-15-16/h3-4,6H,2,5,12H2,1H3. The van der Waals surface area contributed by atoms with Crippen LogP contribution in [0.25, 0.3) is 5.69 Å². The van der Waals surface area contributed by atoms with Crippen LogP contribution in [0.15, 0.2) is 18.5 Å². The van der Waals surface area contributed by atoms with E-state index < -0.39 is 0 Å². The molecular weight excluding hydrogens is 209 g/mol. The van der Waals surface area contributed by atoms with Gasteiger partial charge in [-0.3, -0.25) is 0 Å². The van der Waals surface area contributed by atoms with Gasteiger partial charge in [-0.25, -0.2) is 9.07 Å². The minimum Gasteiger partial charge on any atom is -0.326 e. The zero-order valence-corrected chi connectivity index (χ0v) is 8.89. The Morgan fingerprint density at radius 2 is 2.25 bits per heavy atom. The van der Waals surface area contributed by atoms with Crippen molar-refractivity contribution in [3.8, 4) is 5.69 Å². The molecule has 2 aromatic rings. The highest BCUT2D eigenvalue weighted by atomic mass is 19.1. The van der Waals surface area contributed by atoms with Crippen LogP contribution in [0.1, 0.15) is 18.1 Å². The number of hydrogen-bond donors (Lipinski definition) is 1. The lowest BCUT2D eigenvalue weighted by Gasteiger charge is -2.10. The zero-order chi connectivity index (χ0) is 11.5. The van der Waals surface area contributed by atoms with Crippen LogP contribution in [-0.4, -0.2) is 20.2 Å². The second kappa shape index (κ2) is 4.36. The maximum absolute atomic E-state index is 14.0. The molecule has 0 spiro atoms. The first-order valence-corrected chi connectivity index (χ1v) is 5.01. The lowest BCUT2D eigenvalue weighted by Crippen LogP contribution is -2.09. The van der Waals surface area contributed by atoms with E-state index in [4.69, 9.17) is 5.73 Å². The van der Waals surface area contributed by atoms with Gasteiger partial charge in [-0.1, -0.05) is 13.0 Å². The molecule has 1 heterocycles. The number of hydrogen-bond acceptors (Lipinski definition) is 4. The van der Waals surface area contributed by atoms with Gasteiger partial charge >= 0.3 is 0 Å². The first-order valence-electron chi connectivity index (χ1n) is 5.01. The van der Waals surface area contributed by atoms with Gasteiger partial charge in [0.05, 0.1) is 5.69 Å². The first-order chi connectivity index (χ1) is 7.77. The van der Waals surface area contributed by atoms with Gasteiger partial charge in [-0.2, -0.15) is 0 Å². The molecule has 0 saturated heterocycles. The van der Waals surface area contributed by atoms with Crippen molar-refractivity contribution < 1.29 is 4.39 Å². The minimum absolute atomic E-state index is 0.120. The van der Waals surface area contributed by atoms with Crippen molar-refractivity contribution in [1.82, 2.24) is 20.2 Å². The summed E-state index contributed by atoms with van der Waals surface area (Å²) in [5, 5.41) is 10.8. The molecule has 1 aromatic carbocycles. The smallest absolute Gasteiger partial charge is 0.143 e. The molecule has 5 nitrogen and oxygen atoms in total. The maximum atomic E-state index is 14.0. The maximum Gasteiger partial charge on any atom is 0.143 e. The number of nitrogens with two attached hydrogens (primary N) is 1. The molecular formula is C10H12FN5. The highest BCUT2D eigenvalue weighted by Gasteiger charge is 2.13. The Hall–Kier alpha value is -1.82. The largest absolute Gasteiger partial charge is 0.326 e. The first kappa shape index (κ1) is 10.7. The normalized spacial score (nSPS) is 10.7.